The summed E-state index contributed by atoms with van der Waals surface area (Å²) in [5.74, 6) is 0. The zero-order chi connectivity index (χ0) is 11.4. The lowest BCUT2D eigenvalue weighted by atomic mass is 10.1. The molecule has 0 amide bonds. The van der Waals surface area contributed by atoms with E-state index in [9.17, 15) is 0 Å². The zero-order valence-corrected chi connectivity index (χ0v) is 9.97. The highest BCUT2D eigenvalue weighted by Crippen LogP contribution is 2.12. The Morgan fingerprint density at radius 3 is 2.69 bits per heavy atom. The molecule has 16 heavy (non-hydrogen) atoms. The number of nitrogens with two attached hydrogens (primary N) is 1. The summed E-state index contributed by atoms with van der Waals surface area (Å²) in [4.78, 5) is 4.86. The first-order chi connectivity index (χ1) is 7.79. The topological polar surface area (TPSA) is 32.5 Å². The Bertz CT molecular complexity index is 312. The molecule has 0 bridgehead atoms. The molecule has 1 atom stereocenters. The second-order valence-corrected chi connectivity index (χ2v) is 4.61. The van der Waals surface area contributed by atoms with E-state index in [2.05, 4.69) is 47.2 Å². The van der Waals surface area contributed by atoms with Crippen LogP contribution in [0.3, 0.4) is 0 Å². The summed E-state index contributed by atoms with van der Waals surface area (Å²) in [6.45, 7) is 5.12. The van der Waals surface area contributed by atoms with Crippen LogP contribution < -0.4 is 5.73 Å². The van der Waals surface area contributed by atoms with Crippen molar-refractivity contribution < 1.29 is 0 Å². The molecule has 1 aliphatic heterocycles. The summed E-state index contributed by atoms with van der Waals surface area (Å²) in [6.07, 6.45) is 0. The predicted molar refractivity (Wildman–Crippen MR) is 67.2 cm³/mol. The fraction of sp³-hybridized carbons (Fsp3) is 0.538. The third-order valence-corrected chi connectivity index (χ3v) is 3.31. The number of benzene rings is 1. The normalized spacial score (nSPS) is 23.5. The summed E-state index contributed by atoms with van der Waals surface area (Å²) < 4.78 is 0. The van der Waals surface area contributed by atoms with Gasteiger partial charge in [-0.2, -0.15) is 0 Å². The van der Waals surface area contributed by atoms with Crippen LogP contribution in [-0.2, 0) is 6.54 Å². The highest BCUT2D eigenvalue weighted by molar-refractivity contribution is 5.14. The van der Waals surface area contributed by atoms with Crippen molar-refractivity contribution in [3.8, 4) is 0 Å². The molecule has 0 radical (unpaired) electrons. The van der Waals surface area contributed by atoms with Crippen LogP contribution in [0, 0.1) is 0 Å². The fourth-order valence-corrected chi connectivity index (χ4v) is 2.30. The van der Waals surface area contributed by atoms with Crippen molar-refractivity contribution in [2.24, 2.45) is 5.73 Å². The van der Waals surface area contributed by atoms with Gasteiger partial charge >= 0.3 is 0 Å². The SMILES string of the molecule is CN1CCN(Cc2ccccc2)[C@@H](CN)C1. The van der Waals surface area contributed by atoms with Crippen LogP contribution in [0.4, 0.5) is 0 Å². The predicted octanol–water partition coefficient (Wildman–Crippen LogP) is 0.761. The zero-order valence-electron chi connectivity index (χ0n) is 9.97. The molecule has 1 fully saturated rings. The highest BCUT2D eigenvalue weighted by Gasteiger charge is 2.23. The van der Waals surface area contributed by atoms with Crippen molar-refractivity contribution in [3.05, 3.63) is 35.9 Å². The molecule has 1 saturated heterocycles. The van der Waals surface area contributed by atoms with E-state index in [0.29, 0.717) is 6.04 Å². The minimum absolute atomic E-state index is 0.499. The van der Waals surface area contributed by atoms with E-state index in [0.717, 1.165) is 32.7 Å². The third-order valence-electron chi connectivity index (χ3n) is 3.31. The molecule has 1 aromatic rings. The van der Waals surface area contributed by atoms with Crippen molar-refractivity contribution in [1.29, 1.82) is 0 Å². The second-order valence-electron chi connectivity index (χ2n) is 4.61. The number of hydrogen-bond donors (Lipinski definition) is 1. The largest absolute Gasteiger partial charge is 0.329 e. The summed E-state index contributed by atoms with van der Waals surface area (Å²) in [7, 11) is 2.17. The van der Waals surface area contributed by atoms with Gasteiger partial charge in [-0.15, -0.1) is 0 Å². The number of likely N-dealkylation sites (N-methyl/N-ethyl adjacent to an activating group) is 1. The maximum Gasteiger partial charge on any atom is 0.0349 e. The second kappa shape index (κ2) is 5.43. The van der Waals surface area contributed by atoms with Gasteiger partial charge in [0.1, 0.15) is 0 Å². The molecule has 0 aliphatic carbocycles. The summed E-state index contributed by atoms with van der Waals surface area (Å²) in [6, 6.07) is 11.1. The summed E-state index contributed by atoms with van der Waals surface area (Å²) >= 11 is 0. The number of nitrogens with zero attached hydrogens (tertiary/aromatic N) is 2. The van der Waals surface area contributed by atoms with E-state index in [4.69, 9.17) is 5.73 Å². The van der Waals surface area contributed by atoms with Gasteiger partial charge in [0.15, 0.2) is 0 Å². The Kier molecular flexibility index (Phi) is 3.93. The van der Waals surface area contributed by atoms with E-state index in [1.54, 1.807) is 0 Å². The average molecular weight is 219 g/mol. The van der Waals surface area contributed by atoms with Gasteiger partial charge in [0, 0.05) is 38.8 Å². The van der Waals surface area contributed by atoms with E-state index in [-0.39, 0.29) is 0 Å². The molecular weight excluding hydrogens is 198 g/mol. The van der Waals surface area contributed by atoms with Crippen molar-refractivity contribution in [1.82, 2.24) is 9.80 Å². The van der Waals surface area contributed by atoms with Crippen LogP contribution in [0.5, 0.6) is 0 Å². The van der Waals surface area contributed by atoms with Crippen LogP contribution in [-0.4, -0.2) is 49.1 Å². The lowest BCUT2D eigenvalue weighted by molar-refractivity contribution is 0.0881. The minimum atomic E-state index is 0.499. The van der Waals surface area contributed by atoms with Crippen LogP contribution in [0.2, 0.25) is 0 Å². The molecule has 3 nitrogen and oxygen atoms in total. The van der Waals surface area contributed by atoms with Crippen LogP contribution in [0.25, 0.3) is 0 Å². The molecular formula is C13H21N3. The standard InChI is InChI=1S/C13H21N3/c1-15-7-8-16(13(9-14)11-15)10-12-5-3-2-4-6-12/h2-6,13H,7-11,14H2,1H3/t13-/m0/s1. The number of hydrogen-bond acceptors (Lipinski definition) is 3. The first-order valence-corrected chi connectivity index (χ1v) is 5.96. The average Bonchev–Trinajstić information content (AvgIpc) is 2.33. The Morgan fingerprint density at radius 2 is 2.00 bits per heavy atom. The molecule has 0 saturated carbocycles. The van der Waals surface area contributed by atoms with E-state index in [1.807, 2.05) is 0 Å². The highest BCUT2D eigenvalue weighted by atomic mass is 15.3. The Morgan fingerprint density at radius 1 is 1.25 bits per heavy atom. The van der Waals surface area contributed by atoms with Crippen LogP contribution >= 0.6 is 0 Å². The van der Waals surface area contributed by atoms with Crippen molar-refractivity contribution >= 4 is 0 Å². The molecule has 2 N–H and O–H groups in total. The van der Waals surface area contributed by atoms with Gasteiger partial charge in [-0.25, -0.2) is 0 Å². The minimum Gasteiger partial charge on any atom is -0.329 e. The Balaban J connectivity index is 1.98. The Labute approximate surface area is 97.8 Å². The molecule has 1 heterocycles. The molecule has 0 unspecified atom stereocenters. The molecule has 0 spiro atoms. The molecule has 88 valence electrons. The molecule has 1 aliphatic rings. The maximum atomic E-state index is 5.84. The van der Waals surface area contributed by atoms with Gasteiger partial charge in [-0.05, 0) is 12.6 Å². The van der Waals surface area contributed by atoms with Crippen molar-refractivity contribution in [2.75, 3.05) is 33.2 Å². The van der Waals surface area contributed by atoms with Gasteiger partial charge in [0.2, 0.25) is 0 Å². The van der Waals surface area contributed by atoms with Crippen LogP contribution in [0.15, 0.2) is 30.3 Å². The number of piperazine rings is 1. The molecule has 0 aromatic heterocycles. The maximum absolute atomic E-state index is 5.84. The van der Waals surface area contributed by atoms with Crippen molar-refractivity contribution in [3.63, 3.8) is 0 Å². The van der Waals surface area contributed by atoms with Gasteiger partial charge < -0.3 is 10.6 Å². The number of rotatable bonds is 3. The van der Waals surface area contributed by atoms with Gasteiger partial charge in [-0.1, -0.05) is 30.3 Å². The first kappa shape index (κ1) is 11.6. The van der Waals surface area contributed by atoms with E-state index >= 15 is 0 Å². The first-order valence-electron chi connectivity index (χ1n) is 5.96. The summed E-state index contributed by atoms with van der Waals surface area (Å²) in [5, 5.41) is 0. The molecule has 3 heteroatoms. The molecule has 1 aromatic carbocycles. The van der Waals surface area contributed by atoms with Gasteiger partial charge in [0.25, 0.3) is 0 Å². The quantitative estimate of drug-likeness (QED) is 0.814. The van der Waals surface area contributed by atoms with E-state index in [1.165, 1.54) is 5.56 Å². The third kappa shape index (κ3) is 2.82. The van der Waals surface area contributed by atoms with Crippen molar-refractivity contribution in [2.45, 2.75) is 12.6 Å². The van der Waals surface area contributed by atoms with Gasteiger partial charge in [-0.3, -0.25) is 4.90 Å². The van der Waals surface area contributed by atoms with Gasteiger partial charge in [0.05, 0.1) is 0 Å². The fourth-order valence-electron chi connectivity index (χ4n) is 2.30. The lowest BCUT2D eigenvalue weighted by Gasteiger charge is -2.39. The summed E-state index contributed by atoms with van der Waals surface area (Å²) in [5.41, 5.74) is 7.22. The van der Waals surface area contributed by atoms with Crippen LogP contribution in [0.1, 0.15) is 5.56 Å². The smallest absolute Gasteiger partial charge is 0.0349 e. The molecule has 2 rings (SSSR count). The monoisotopic (exact) mass is 219 g/mol. The van der Waals surface area contributed by atoms with E-state index < -0.39 is 0 Å². The Hall–Kier alpha value is -0.900. The lowest BCUT2D eigenvalue weighted by Crippen LogP contribution is -2.54.